The number of benzene rings is 3. The van der Waals surface area contributed by atoms with Gasteiger partial charge in [0.05, 0.1) is 12.6 Å². The van der Waals surface area contributed by atoms with Crippen molar-refractivity contribution in [2.75, 3.05) is 43.5 Å². The van der Waals surface area contributed by atoms with Crippen molar-refractivity contribution >= 4 is 34.1 Å². The third kappa shape index (κ3) is 6.25. The molecule has 2 heterocycles. The molecule has 4 aromatic rings. The lowest BCUT2D eigenvalue weighted by atomic mass is 10.1. The number of amides is 2. The van der Waals surface area contributed by atoms with Gasteiger partial charge in [-0.25, -0.2) is 4.98 Å². The normalized spacial score (nSPS) is 13.3. The number of para-hydroxylation sites is 1. The molecule has 0 radical (unpaired) electrons. The predicted molar refractivity (Wildman–Crippen MR) is 160 cm³/mol. The summed E-state index contributed by atoms with van der Waals surface area (Å²) in [7, 11) is 1.61. The zero-order chi connectivity index (χ0) is 27.9. The first-order valence-electron chi connectivity index (χ1n) is 14.0. The van der Waals surface area contributed by atoms with Gasteiger partial charge in [-0.3, -0.25) is 9.59 Å². The van der Waals surface area contributed by atoms with Crippen molar-refractivity contribution in [3.05, 3.63) is 95.7 Å². The summed E-state index contributed by atoms with van der Waals surface area (Å²) in [6.45, 7) is 4.83. The first-order valence-corrected chi connectivity index (χ1v) is 14.0. The molecule has 5 rings (SSSR count). The summed E-state index contributed by atoms with van der Waals surface area (Å²) in [5.41, 5.74) is 4.88. The van der Waals surface area contributed by atoms with Crippen molar-refractivity contribution in [1.29, 1.82) is 0 Å². The monoisotopic (exact) mass is 536 g/mol. The third-order valence-corrected chi connectivity index (χ3v) is 7.46. The standard InChI is InChI=1S/C33H36N4O3/c1-3-4-5-8-24-11-13-25(14-12-24)32(38)34-26-15-17-27(18-16-26)36-19-21-37(22-20-36)33(39)30-23-31(40-2)28-9-6-7-10-29(28)35-30/h6-7,9-18,23H,3-5,8,19-22H2,1-2H3,(H,34,38). The summed E-state index contributed by atoms with van der Waals surface area (Å²) >= 11 is 0. The summed E-state index contributed by atoms with van der Waals surface area (Å²) < 4.78 is 5.52. The molecule has 1 aliphatic rings. The van der Waals surface area contributed by atoms with Crippen LogP contribution < -0.4 is 15.0 Å². The van der Waals surface area contributed by atoms with E-state index >= 15 is 0 Å². The molecule has 2 amide bonds. The van der Waals surface area contributed by atoms with Crippen molar-refractivity contribution in [3.8, 4) is 5.75 Å². The van der Waals surface area contributed by atoms with Crippen molar-refractivity contribution in [2.24, 2.45) is 0 Å². The molecule has 7 nitrogen and oxygen atoms in total. The fourth-order valence-electron chi connectivity index (χ4n) is 5.11. The fourth-order valence-corrected chi connectivity index (χ4v) is 5.11. The number of ether oxygens (including phenoxy) is 1. The SMILES string of the molecule is CCCCCc1ccc(C(=O)Nc2ccc(N3CCN(C(=O)c4cc(OC)c5ccccc5n4)CC3)cc2)cc1. The number of pyridine rings is 1. The summed E-state index contributed by atoms with van der Waals surface area (Å²) in [5.74, 6) is 0.453. The first-order chi connectivity index (χ1) is 19.6. The lowest BCUT2D eigenvalue weighted by Crippen LogP contribution is -2.49. The molecule has 0 aliphatic carbocycles. The Morgan fingerprint density at radius 3 is 2.33 bits per heavy atom. The minimum atomic E-state index is -0.112. The molecule has 1 aliphatic heterocycles. The zero-order valence-electron chi connectivity index (χ0n) is 23.2. The molecule has 40 heavy (non-hydrogen) atoms. The zero-order valence-corrected chi connectivity index (χ0v) is 23.2. The highest BCUT2D eigenvalue weighted by Crippen LogP contribution is 2.26. The Balaban J connectivity index is 1.15. The van der Waals surface area contributed by atoms with Crippen LogP contribution >= 0.6 is 0 Å². The van der Waals surface area contributed by atoms with Crippen LogP contribution in [0.1, 0.15) is 52.6 Å². The topological polar surface area (TPSA) is 74.8 Å². The Hall–Kier alpha value is -4.39. The van der Waals surface area contributed by atoms with Crippen LogP contribution in [0.3, 0.4) is 0 Å². The van der Waals surface area contributed by atoms with E-state index in [1.807, 2.05) is 77.7 Å². The number of unbranched alkanes of at least 4 members (excludes halogenated alkanes) is 2. The highest BCUT2D eigenvalue weighted by Gasteiger charge is 2.24. The van der Waals surface area contributed by atoms with Crippen LogP contribution in [0.4, 0.5) is 11.4 Å². The Kier molecular flexibility index (Phi) is 8.59. The van der Waals surface area contributed by atoms with Gasteiger partial charge in [0.15, 0.2) is 0 Å². The average molecular weight is 537 g/mol. The fraction of sp³-hybridized carbons (Fsp3) is 0.303. The summed E-state index contributed by atoms with van der Waals surface area (Å²) in [5, 5.41) is 3.89. The molecule has 1 fully saturated rings. The molecule has 3 aromatic carbocycles. The number of carbonyl (C=O) groups excluding carboxylic acids is 2. The molecular weight excluding hydrogens is 500 g/mol. The van der Waals surface area contributed by atoms with Crippen molar-refractivity contribution in [1.82, 2.24) is 9.88 Å². The van der Waals surface area contributed by atoms with E-state index in [4.69, 9.17) is 4.74 Å². The predicted octanol–water partition coefficient (Wildman–Crippen LogP) is 6.19. The second kappa shape index (κ2) is 12.6. The molecule has 0 saturated carbocycles. The maximum absolute atomic E-state index is 13.2. The smallest absolute Gasteiger partial charge is 0.272 e. The van der Waals surface area contributed by atoms with Crippen LogP contribution in [0.5, 0.6) is 5.75 Å². The van der Waals surface area contributed by atoms with E-state index < -0.39 is 0 Å². The van der Waals surface area contributed by atoms with Crippen LogP contribution in [0.15, 0.2) is 78.9 Å². The van der Waals surface area contributed by atoms with Gasteiger partial charge in [0, 0.05) is 54.6 Å². The Bertz CT molecular complexity index is 1460. The lowest BCUT2D eigenvalue weighted by molar-refractivity contribution is 0.0740. The van der Waals surface area contributed by atoms with Crippen molar-refractivity contribution in [2.45, 2.75) is 32.6 Å². The summed E-state index contributed by atoms with van der Waals surface area (Å²) in [6.07, 6.45) is 4.66. The van der Waals surface area contributed by atoms with Gasteiger partial charge in [0.1, 0.15) is 11.4 Å². The quantitative estimate of drug-likeness (QED) is 0.258. The lowest BCUT2D eigenvalue weighted by Gasteiger charge is -2.36. The van der Waals surface area contributed by atoms with Gasteiger partial charge in [-0.15, -0.1) is 0 Å². The number of aromatic nitrogens is 1. The van der Waals surface area contributed by atoms with Crippen LogP contribution in [-0.4, -0.2) is 55.0 Å². The first kappa shape index (κ1) is 27.2. The maximum Gasteiger partial charge on any atom is 0.272 e. The van der Waals surface area contributed by atoms with Gasteiger partial charge < -0.3 is 19.9 Å². The van der Waals surface area contributed by atoms with Crippen LogP contribution in [-0.2, 0) is 6.42 Å². The number of aryl methyl sites for hydroxylation is 1. The van der Waals surface area contributed by atoms with Gasteiger partial charge >= 0.3 is 0 Å². The summed E-state index contributed by atoms with van der Waals surface area (Å²) in [6, 6.07) is 25.2. The Labute approximate surface area is 235 Å². The number of piperazine rings is 1. The molecule has 1 aromatic heterocycles. The van der Waals surface area contributed by atoms with Crippen molar-refractivity contribution < 1.29 is 14.3 Å². The molecule has 1 saturated heterocycles. The van der Waals surface area contributed by atoms with E-state index in [1.165, 1.54) is 24.8 Å². The second-order valence-corrected chi connectivity index (χ2v) is 10.2. The van der Waals surface area contributed by atoms with Crippen LogP contribution in [0, 0.1) is 0 Å². The Morgan fingerprint density at radius 1 is 0.900 bits per heavy atom. The van der Waals surface area contributed by atoms with Crippen LogP contribution in [0.25, 0.3) is 10.9 Å². The molecule has 1 N–H and O–H groups in total. The highest BCUT2D eigenvalue weighted by atomic mass is 16.5. The maximum atomic E-state index is 13.2. The molecule has 206 valence electrons. The number of anilines is 2. The van der Waals surface area contributed by atoms with E-state index in [-0.39, 0.29) is 11.8 Å². The van der Waals surface area contributed by atoms with Gasteiger partial charge in [0.2, 0.25) is 0 Å². The van der Waals surface area contributed by atoms with Gasteiger partial charge in [-0.1, -0.05) is 44.0 Å². The van der Waals surface area contributed by atoms with E-state index in [2.05, 4.69) is 22.1 Å². The molecule has 7 heteroatoms. The molecule has 0 unspecified atom stereocenters. The second-order valence-electron chi connectivity index (χ2n) is 10.2. The molecular formula is C33H36N4O3. The number of hydrogen-bond acceptors (Lipinski definition) is 5. The number of nitrogens with zero attached hydrogens (tertiary/aromatic N) is 3. The van der Waals surface area contributed by atoms with E-state index in [0.29, 0.717) is 43.2 Å². The van der Waals surface area contributed by atoms with Crippen molar-refractivity contribution in [3.63, 3.8) is 0 Å². The largest absolute Gasteiger partial charge is 0.496 e. The van der Waals surface area contributed by atoms with Crippen LogP contribution in [0.2, 0.25) is 0 Å². The number of carbonyl (C=O) groups is 2. The van der Waals surface area contributed by atoms with Gasteiger partial charge in [-0.2, -0.15) is 0 Å². The molecule has 0 bridgehead atoms. The third-order valence-electron chi connectivity index (χ3n) is 7.46. The highest BCUT2D eigenvalue weighted by molar-refractivity contribution is 6.04. The average Bonchev–Trinajstić information content (AvgIpc) is 3.01. The number of hydrogen-bond donors (Lipinski definition) is 1. The number of methoxy groups -OCH3 is 1. The molecule has 0 spiro atoms. The molecule has 0 atom stereocenters. The minimum Gasteiger partial charge on any atom is -0.496 e. The van der Waals surface area contributed by atoms with E-state index in [1.54, 1.807) is 13.2 Å². The van der Waals surface area contributed by atoms with Gasteiger partial charge in [0.25, 0.3) is 11.8 Å². The van der Waals surface area contributed by atoms with Gasteiger partial charge in [-0.05, 0) is 66.9 Å². The number of rotatable bonds is 9. The van der Waals surface area contributed by atoms with E-state index in [0.717, 1.165) is 28.7 Å². The number of nitrogens with one attached hydrogen (secondary N) is 1. The minimum absolute atomic E-state index is 0.0873. The number of fused-ring (bicyclic) bond motifs is 1. The van der Waals surface area contributed by atoms with E-state index in [9.17, 15) is 9.59 Å². The summed E-state index contributed by atoms with van der Waals surface area (Å²) in [4.78, 5) is 34.7. The Morgan fingerprint density at radius 2 is 1.62 bits per heavy atom.